The van der Waals surface area contributed by atoms with Crippen molar-refractivity contribution in [2.24, 2.45) is 17.8 Å². The van der Waals surface area contributed by atoms with Crippen LogP contribution < -0.4 is 0 Å². The minimum absolute atomic E-state index is 0.107. The first-order valence-corrected chi connectivity index (χ1v) is 6.86. The summed E-state index contributed by atoms with van der Waals surface area (Å²) in [5, 5.41) is 10.2. The number of likely N-dealkylation sites (tertiary alicyclic amines) is 1. The first kappa shape index (κ1) is 10.3. The van der Waals surface area contributed by atoms with Crippen molar-refractivity contribution in [3.63, 3.8) is 0 Å². The second kappa shape index (κ2) is 3.45. The first-order chi connectivity index (χ1) is 8.25. The Hall–Kier alpha value is -0.610. The molecule has 1 amide bonds. The number of hydrogen-bond donors (Lipinski definition) is 1. The van der Waals surface area contributed by atoms with Crippen molar-refractivity contribution >= 4 is 5.91 Å². The van der Waals surface area contributed by atoms with Gasteiger partial charge in [-0.15, -0.1) is 0 Å². The number of carbonyl (C=O) groups is 1. The molecule has 0 aromatic heterocycles. The molecule has 2 bridgehead atoms. The molecule has 4 fully saturated rings. The lowest BCUT2D eigenvalue weighted by Gasteiger charge is -2.30. The van der Waals surface area contributed by atoms with Crippen LogP contribution in [0.5, 0.6) is 0 Å². The molecule has 4 nitrogen and oxygen atoms in total. The van der Waals surface area contributed by atoms with Gasteiger partial charge in [0, 0.05) is 13.2 Å². The maximum Gasteiger partial charge on any atom is 0.252 e. The van der Waals surface area contributed by atoms with Crippen LogP contribution in [0.2, 0.25) is 0 Å². The smallest absolute Gasteiger partial charge is 0.252 e. The summed E-state index contributed by atoms with van der Waals surface area (Å²) in [6.07, 6.45) is 3.61. The summed E-state index contributed by atoms with van der Waals surface area (Å²) in [7, 11) is 0. The number of rotatable bonds is 1. The summed E-state index contributed by atoms with van der Waals surface area (Å²) in [5.74, 6) is 1.82. The van der Waals surface area contributed by atoms with Crippen LogP contribution in [0.3, 0.4) is 0 Å². The third-order valence-corrected chi connectivity index (χ3v) is 5.34. The Balaban J connectivity index is 1.57. The number of aliphatic hydroxyl groups is 1. The van der Waals surface area contributed by atoms with Gasteiger partial charge in [0.05, 0.1) is 12.1 Å². The molecule has 0 radical (unpaired) electrons. The van der Waals surface area contributed by atoms with Gasteiger partial charge in [0.15, 0.2) is 0 Å². The summed E-state index contributed by atoms with van der Waals surface area (Å²) >= 11 is 0. The van der Waals surface area contributed by atoms with Crippen LogP contribution in [0, 0.1) is 17.8 Å². The Morgan fingerprint density at radius 1 is 1.29 bits per heavy atom. The Bertz CT molecular complexity index is 351. The second-order valence-corrected chi connectivity index (χ2v) is 6.13. The van der Waals surface area contributed by atoms with Gasteiger partial charge in [0.1, 0.15) is 6.10 Å². The van der Waals surface area contributed by atoms with Gasteiger partial charge in [0.2, 0.25) is 0 Å². The van der Waals surface area contributed by atoms with Crippen molar-refractivity contribution in [2.75, 3.05) is 13.2 Å². The number of aliphatic hydroxyl groups excluding tert-OH is 1. The zero-order valence-electron chi connectivity index (χ0n) is 9.92. The molecule has 2 heterocycles. The quantitative estimate of drug-likeness (QED) is 0.718. The Labute approximate surface area is 101 Å². The SMILES string of the molecule is O=C(C1CCCO1)N1CC2CC3CC2C1C3O. The average molecular weight is 237 g/mol. The maximum absolute atomic E-state index is 12.4. The van der Waals surface area contributed by atoms with Gasteiger partial charge in [-0.1, -0.05) is 0 Å². The van der Waals surface area contributed by atoms with Crippen LogP contribution in [0.25, 0.3) is 0 Å². The van der Waals surface area contributed by atoms with Crippen molar-refractivity contribution in [3.8, 4) is 0 Å². The van der Waals surface area contributed by atoms with Gasteiger partial charge in [-0.2, -0.15) is 0 Å². The molecule has 2 saturated heterocycles. The third kappa shape index (κ3) is 1.28. The molecule has 17 heavy (non-hydrogen) atoms. The van der Waals surface area contributed by atoms with Gasteiger partial charge in [-0.3, -0.25) is 4.79 Å². The fraction of sp³-hybridized carbons (Fsp3) is 0.923. The maximum atomic E-state index is 12.4. The fourth-order valence-electron chi connectivity index (χ4n) is 4.63. The predicted molar refractivity (Wildman–Crippen MR) is 60.2 cm³/mol. The molecule has 6 atom stereocenters. The molecule has 94 valence electrons. The van der Waals surface area contributed by atoms with E-state index in [9.17, 15) is 9.90 Å². The Morgan fingerprint density at radius 2 is 2.18 bits per heavy atom. The molecule has 0 aromatic carbocycles. The van der Waals surface area contributed by atoms with Crippen molar-refractivity contribution in [3.05, 3.63) is 0 Å². The summed E-state index contributed by atoms with van der Waals surface area (Å²) in [5.41, 5.74) is 0. The van der Waals surface area contributed by atoms with E-state index in [1.807, 2.05) is 4.90 Å². The topological polar surface area (TPSA) is 49.8 Å². The van der Waals surface area contributed by atoms with Crippen LogP contribution in [0.15, 0.2) is 0 Å². The minimum atomic E-state index is -0.274. The van der Waals surface area contributed by atoms with Crippen molar-refractivity contribution in [1.29, 1.82) is 0 Å². The fourth-order valence-corrected chi connectivity index (χ4v) is 4.63. The van der Waals surface area contributed by atoms with Gasteiger partial charge in [0.25, 0.3) is 5.91 Å². The van der Waals surface area contributed by atoms with Crippen LogP contribution in [-0.2, 0) is 9.53 Å². The lowest BCUT2D eigenvalue weighted by molar-refractivity contribution is -0.143. The van der Waals surface area contributed by atoms with E-state index in [0.717, 1.165) is 32.2 Å². The van der Waals surface area contributed by atoms with Crippen LogP contribution in [0.1, 0.15) is 25.7 Å². The Kier molecular flexibility index (Phi) is 2.10. The molecule has 6 unspecified atom stereocenters. The summed E-state index contributed by atoms with van der Waals surface area (Å²) in [6.45, 7) is 1.58. The molecular weight excluding hydrogens is 218 g/mol. The standard InChI is InChI=1S/C13H19NO3/c15-12-7-4-8-6-14(11(12)9(8)5-7)13(16)10-2-1-3-17-10/h7-12,15H,1-6H2. The van der Waals surface area contributed by atoms with Gasteiger partial charge in [-0.25, -0.2) is 0 Å². The molecular formula is C13H19NO3. The second-order valence-electron chi connectivity index (χ2n) is 6.13. The molecule has 4 aliphatic rings. The van der Waals surface area contributed by atoms with E-state index in [-0.39, 0.29) is 24.2 Å². The molecule has 2 aliphatic carbocycles. The lowest BCUT2D eigenvalue weighted by Crippen LogP contribution is -2.47. The number of ether oxygens (including phenoxy) is 1. The average Bonchev–Trinajstić information content (AvgIpc) is 3.02. The largest absolute Gasteiger partial charge is 0.391 e. The molecule has 0 aromatic rings. The highest BCUT2D eigenvalue weighted by molar-refractivity contribution is 5.82. The molecule has 2 saturated carbocycles. The zero-order chi connectivity index (χ0) is 11.6. The van der Waals surface area contributed by atoms with Crippen LogP contribution >= 0.6 is 0 Å². The van der Waals surface area contributed by atoms with Crippen molar-refractivity contribution in [2.45, 2.75) is 43.9 Å². The zero-order valence-corrected chi connectivity index (χ0v) is 9.92. The molecule has 2 aliphatic heterocycles. The van der Waals surface area contributed by atoms with Gasteiger partial charge in [-0.05, 0) is 43.4 Å². The third-order valence-electron chi connectivity index (χ3n) is 5.34. The monoisotopic (exact) mass is 237 g/mol. The molecule has 0 spiro atoms. The molecule has 4 rings (SSSR count). The van der Waals surface area contributed by atoms with E-state index >= 15 is 0 Å². The normalized spacial score (nSPS) is 51.5. The number of amides is 1. The number of hydrogen-bond acceptors (Lipinski definition) is 3. The first-order valence-electron chi connectivity index (χ1n) is 6.86. The van der Waals surface area contributed by atoms with E-state index in [2.05, 4.69) is 0 Å². The van der Waals surface area contributed by atoms with Crippen molar-refractivity contribution in [1.82, 2.24) is 4.90 Å². The van der Waals surface area contributed by atoms with Crippen molar-refractivity contribution < 1.29 is 14.6 Å². The highest BCUT2D eigenvalue weighted by Crippen LogP contribution is 2.55. The summed E-state index contributed by atoms with van der Waals surface area (Å²) in [6, 6.07) is 0.107. The van der Waals surface area contributed by atoms with Gasteiger partial charge >= 0.3 is 0 Å². The predicted octanol–water partition coefficient (Wildman–Crippen LogP) is 0.393. The lowest BCUT2D eigenvalue weighted by atomic mass is 9.88. The summed E-state index contributed by atoms with van der Waals surface area (Å²) < 4.78 is 5.49. The molecule has 4 heteroatoms. The van der Waals surface area contributed by atoms with E-state index in [4.69, 9.17) is 4.74 Å². The highest BCUT2D eigenvalue weighted by Gasteiger charge is 2.60. The van der Waals surface area contributed by atoms with Crippen LogP contribution in [0.4, 0.5) is 0 Å². The van der Waals surface area contributed by atoms with E-state index in [1.54, 1.807) is 0 Å². The van der Waals surface area contributed by atoms with E-state index < -0.39 is 0 Å². The molecule has 1 N–H and O–H groups in total. The number of carbonyl (C=O) groups excluding carboxylic acids is 1. The number of fused-ring (bicyclic) bond motifs is 1. The van der Waals surface area contributed by atoms with Gasteiger partial charge < -0.3 is 14.7 Å². The summed E-state index contributed by atoms with van der Waals surface area (Å²) in [4.78, 5) is 14.3. The minimum Gasteiger partial charge on any atom is -0.391 e. The highest BCUT2D eigenvalue weighted by atomic mass is 16.5. The number of nitrogens with zero attached hydrogens (tertiary/aromatic N) is 1. The van der Waals surface area contributed by atoms with Crippen LogP contribution in [-0.4, -0.2) is 47.3 Å². The Morgan fingerprint density at radius 3 is 2.88 bits per heavy atom. The van der Waals surface area contributed by atoms with E-state index in [1.165, 1.54) is 0 Å². The van der Waals surface area contributed by atoms with E-state index in [0.29, 0.717) is 24.4 Å².